The maximum absolute atomic E-state index is 13.0. The van der Waals surface area contributed by atoms with E-state index >= 15 is 0 Å². The van der Waals surface area contributed by atoms with Gasteiger partial charge in [0.05, 0.1) is 20.6 Å². The number of benzene rings is 1. The van der Waals surface area contributed by atoms with E-state index in [2.05, 4.69) is 4.74 Å². The number of methoxy groups -OCH3 is 2. The molecule has 0 radical (unpaired) electrons. The molecule has 0 heterocycles. The van der Waals surface area contributed by atoms with Gasteiger partial charge in [0.2, 0.25) is 0 Å². The van der Waals surface area contributed by atoms with Crippen molar-refractivity contribution >= 4 is 17.7 Å². The van der Waals surface area contributed by atoms with E-state index in [4.69, 9.17) is 4.74 Å². The lowest BCUT2D eigenvalue weighted by atomic mass is 9.66. The normalized spacial score (nSPS) is 19.8. The second-order valence-electron chi connectivity index (χ2n) is 5.95. The predicted molar refractivity (Wildman–Crippen MR) is 84.0 cm³/mol. The number of carbonyl (C=O) groups excluding carboxylic acids is 3. The average Bonchev–Trinajstić information content (AvgIpc) is 2.58. The van der Waals surface area contributed by atoms with Crippen LogP contribution >= 0.6 is 0 Å². The summed E-state index contributed by atoms with van der Waals surface area (Å²) >= 11 is 0. The maximum Gasteiger partial charge on any atom is 0.306 e. The van der Waals surface area contributed by atoms with Gasteiger partial charge in [-0.25, -0.2) is 0 Å². The SMILES string of the molecule is COC(=O)CCCC1(CC(=O)OC)CCc2ccccc2C1=O. The van der Waals surface area contributed by atoms with Gasteiger partial charge in [0, 0.05) is 17.4 Å². The lowest BCUT2D eigenvalue weighted by molar-refractivity contribution is -0.143. The Balaban J connectivity index is 2.22. The largest absolute Gasteiger partial charge is 0.469 e. The Bertz CT molecular complexity index is 607. The molecule has 0 N–H and O–H groups in total. The van der Waals surface area contributed by atoms with Crippen LogP contribution in [0.25, 0.3) is 0 Å². The molecule has 0 saturated heterocycles. The van der Waals surface area contributed by atoms with E-state index in [1.54, 1.807) is 0 Å². The van der Waals surface area contributed by atoms with E-state index in [0.717, 1.165) is 12.0 Å². The minimum atomic E-state index is -0.782. The van der Waals surface area contributed by atoms with Gasteiger partial charge in [-0.05, 0) is 31.2 Å². The summed E-state index contributed by atoms with van der Waals surface area (Å²) in [6.07, 6.45) is 2.63. The van der Waals surface area contributed by atoms with E-state index in [1.807, 2.05) is 24.3 Å². The van der Waals surface area contributed by atoms with Crippen molar-refractivity contribution in [2.24, 2.45) is 5.41 Å². The van der Waals surface area contributed by atoms with Crippen molar-refractivity contribution in [3.63, 3.8) is 0 Å². The summed E-state index contributed by atoms with van der Waals surface area (Å²) in [4.78, 5) is 36.2. The third kappa shape index (κ3) is 3.78. The van der Waals surface area contributed by atoms with Crippen molar-refractivity contribution < 1.29 is 23.9 Å². The lowest BCUT2D eigenvalue weighted by Crippen LogP contribution is -2.38. The molecule has 0 aliphatic heterocycles. The molecule has 0 saturated carbocycles. The van der Waals surface area contributed by atoms with Gasteiger partial charge in [0.15, 0.2) is 5.78 Å². The van der Waals surface area contributed by atoms with Gasteiger partial charge in [-0.3, -0.25) is 14.4 Å². The van der Waals surface area contributed by atoms with Crippen molar-refractivity contribution in [3.8, 4) is 0 Å². The molecule has 0 amide bonds. The van der Waals surface area contributed by atoms with Crippen LogP contribution in [0.5, 0.6) is 0 Å². The highest BCUT2D eigenvalue weighted by Gasteiger charge is 2.43. The van der Waals surface area contributed by atoms with E-state index in [9.17, 15) is 14.4 Å². The molecule has 5 nitrogen and oxygen atoms in total. The zero-order chi connectivity index (χ0) is 16.9. The summed E-state index contributed by atoms with van der Waals surface area (Å²) in [5.74, 6) is -0.715. The topological polar surface area (TPSA) is 69.7 Å². The van der Waals surface area contributed by atoms with E-state index in [1.165, 1.54) is 14.2 Å². The van der Waals surface area contributed by atoms with Crippen molar-refractivity contribution in [2.75, 3.05) is 14.2 Å². The minimum Gasteiger partial charge on any atom is -0.469 e. The van der Waals surface area contributed by atoms with Gasteiger partial charge >= 0.3 is 11.9 Å². The van der Waals surface area contributed by atoms with Crippen LogP contribution in [-0.4, -0.2) is 31.9 Å². The molecule has 5 heteroatoms. The van der Waals surface area contributed by atoms with Gasteiger partial charge in [0.25, 0.3) is 0 Å². The molecule has 1 unspecified atom stereocenters. The summed E-state index contributed by atoms with van der Waals surface area (Å²) in [6, 6.07) is 7.50. The van der Waals surface area contributed by atoms with Crippen LogP contribution in [0, 0.1) is 5.41 Å². The number of hydrogen-bond donors (Lipinski definition) is 0. The first kappa shape index (κ1) is 17.2. The smallest absolute Gasteiger partial charge is 0.306 e. The summed E-state index contributed by atoms with van der Waals surface area (Å²) in [5, 5.41) is 0. The highest BCUT2D eigenvalue weighted by atomic mass is 16.5. The molecular weight excluding hydrogens is 296 g/mol. The first-order valence-electron chi connectivity index (χ1n) is 7.79. The van der Waals surface area contributed by atoms with Crippen LogP contribution < -0.4 is 0 Å². The van der Waals surface area contributed by atoms with Gasteiger partial charge in [0.1, 0.15) is 0 Å². The number of aryl methyl sites for hydroxylation is 1. The molecule has 0 fully saturated rings. The quantitative estimate of drug-likeness (QED) is 0.754. The number of fused-ring (bicyclic) bond motifs is 1. The van der Waals surface area contributed by atoms with Gasteiger partial charge in [-0.2, -0.15) is 0 Å². The first-order valence-corrected chi connectivity index (χ1v) is 7.79. The minimum absolute atomic E-state index is 0.0189. The van der Waals surface area contributed by atoms with Crippen LogP contribution in [0.15, 0.2) is 24.3 Å². The second kappa shape index (κ2) is 7.40. The maximum atomic E-state index is 13.0. The van der Waals surface area contributed by atoms with Crippen LogP contribution in [0.1, 0.15) is 48.0 Å². The number of carbonyl (C=O) groups is 3. The Morgan fingerprint density at radius 3 is 2.52 bits per heavy atom. The molecule has 1 aliphatic carbocycles. The number of ether oxygens (including phenoxy) is 2. The molecule has 1 atom stereocenters. The Morgan fingerprint density at radius 1 is 1.13 bits per heavy atom. The summed E-state index contributed by atoms with van der Waals surface area (Å²) < 4.78 is 9.42. The molecule has 2 rings (SSSR count). The van der Waals surface area contributed by atoms with E-state index < -0.39 is 11.4 Å². The van der Waals surface area contributed by atoms with Crippen molar-refractivity contribution in [1.29, 1.82) is 0 Å². The zero-order valence-electron chi connectivity index (χ0n) is 13.6. The van der Waals surface area contributed by atoms with Gasteiger partial charge in [-0.15, -0.1) is 0 Å². The predicted octanol–water partition coefficient (Wildman–Crippen LogP) is 2.71. The number of ketones is 1. The third-order valence-corrected chi connectivity index (χ3v) is 4.59. The van der Waals surface area contributed by atoms with Crippen molar-refractivity contribution in [1.82, 2.24) is 0 Å². The Kier molecular flexibility index (Phi) is 5.53. The fourth-order valence-corrected chi connectivity index (χ4v) is 3.25. The van der Waals surface area contributed by atoms with Crippen molar-refractivity contribution in [3.05, 3.63) is 35.4 Å². The number of esters is 2. The standard InChI is InChI=1S/C18H22O5/c1-22-15(19)8-5-10-18(12-16(20)23-2)11-9-13-6-3-4-7-14(13)17(18)21/h3-4,6-7H,5,8-12H2,1-2H3. The third-order valence-electron chi connectivity index (χ3n) is 4.59. The molecule has 124 valence electrons. The summed E-state index contributed by atoms with van der Waals surface area (Å²) in [6.45, 7) is 0. The highest BCUT2D eigenvalue weighted by Crippen LogP contribution is 2.42. The second-order valence-corrected chi connectivity index (χ2v) is 5.95. The molecule has 1 aromatic rings. The molecule has 23 heavy (non-hydrogen) atoms. The van der Waals surface area contributed by atoms with Crippen LogP contribution in [0.2, 0.25) is 0 Å². The molecule has 1 aromatic carbocycles. The number of Topliss-reactive ketones (excluding diaryl/α,β-unsaturated/α-hetero) is 1. The van der Waals surface area contributed by atoms with Crippen LogP contribution in [-0.2, 0) is 25.5 Å². The Hall–Kier alpha value is -2.17. The van der Waals surface area contributed by atoms with Crippen LogP contribution in [0.4, 0.5) is 0 Å². The van der Waals surface area contributed by atoms with Gasteiger partial charge in [-0.1, -0.05) is 24.3 Å². The first-order chi connectivity index (χ1) is 11.0. The molecule has 0 bridgehead atoms. The monoisotopic (exact) mass is 318 g/mol. The lowest BCUT2D eigenvalue weighted by Gasteiger charge is -2.36. The van der Waals surface area contributed by atoms with E-state index in [0.29, 0.717) is 24.8 Å². The van der Waals surface area contributed by atoms with E-state index in [-0.39, 0.29) is 24.6 Å². The van der Waals surface area contributed by atoms with Crippen LogP contribution in [0.3, 0.4) is 0 Å². The molecular formula is C18H22O5. The Morgan fingerprint density at radius 2 is 1.83 bits per heavy atom. The number of rotatable bonds is 6. The number of hydrogen-bond acceptors (Lipinski definition) is 5. The Labute approximate surface area is 136 Å². The zero-order valence-corrected chi connectivity index (χ0v) is 13.6. The fraction of sp³-hybridized carbons (Fsp3) is 0.500. The fourth-order valence-electron chi connectivity index (χ4n) is 3.25. The molecule has 0 spiro atoms. The van der Waals surface area contributed by atoms with Crippen molar-refractivity contribution in [2.45, 2.75) is 38.5 Å². The highest BCUT2D eigenvalue weighted by molar-refractivity contribution is 6.04. The average molecular weight is 318 g/mol. The van der Waals surface area contributed by atoms with Gasteiger partial charge < -0.3 is 9.47 Å². The summed E-state index contributed by atoms with van der Waals surface area (Å²) in [5.41, 5.74) is 0.918. The molecule has 0 aromatic heterocycles. The summed E-state index contributed by atoms with van der Waals surface area (Å²) in [7, 11) is 2.67. The molecule has 1 aliphatic rings.